The summed E-state index contributed by atoms with van der Waals surface area (Å²) < 4.78 is 10.3. The van der Waals surface area contributed by atoms with Crippen LogP contribution in [0.25, 0.3) is 16.5 Å². The number of halogens is 1. The second kappa shape index (κ2) is 6.47. The molecule has 3 N–H and O–H groups in total. The first-order valence-corrected chi connectivity index (χ1v) is 11.4. The average Bonchev–Trinajstić information content (AvgIpc) is 3.16. The zero-order valence-corrected chi connectivity index (χ0v) is 16.7. The van der Waals surface area contributed by atoms with E-state index < -0.39 is 22.7 Å². The summed E-state index contributed by atoms with van der Waals surface area (Å²) in [5.74, 6) is 0.495. The molecule has 3 heterocycles. The van der Waals surface area contributed by atoms with Gasteiger partial charge in [-0.25, -0.2) is 0 Å². The summed E-state index contributed by atoms with van der Waals surface area (Å²) in [6, 6.07) is 4.06. The van der Waals surface area contributed by atoms with Gasteiger partial charge in [0, 0.05) is 0 Å². The van der Waals surface area contributed by atoms with Crippen LogP contribution in [0.4, 0.5) is 5.82 Å². The Kier molecular flexibility index (Phi) is 4.36. The van der Waals surface area contributed by atoms with Crippen LogP contribution >= 0.6 is 11.6 Å². The Labute approximate surface area is 150 Å². The SMILES string of the molecule is Nc1n[nH]c2c(Cl)cc(C3=C[N](CN4CCOCC4)[In]=[CH]3)cc12. The Hall–Kier alpha value is -1.02. The molecule has 2 aliphatic heterocycles. The van der Waals surface area contributed by atoms with Crippen molar-refractivity contribution in [3.05, 3.63) is 28.9 Å². The van der Waals surface area contributed by atoms with Crippen LogP contribution in [0.1, 0.15) is 5.56 Å². The van der Waals surface area contributed by atoms with Gasteiger partial charge in [-0.15, -0.1) is 0 Å². The Morgan fingerprint density at radius 1 is 1.35 bits per heavy atom. The number of rotatable bonds is 3. The summed E-state index contributed by atoms with van der Waals surface area (Å²) in [6.45, 7) is 4.73. The molecule has 0 bridgehead atoms. The summed E-state index contributed by atoms with van der Waals surface area (Å²) in [4.78, 5) is 2.45. The van der Waals surface area contributed by atoms with Gasteiger partial charge in [-0.2, -0.15) is 0 Å². The zero-order chi connectivity index (χ0) is 15.8. The molecule has 23 heavy (non-hydrogen) atoms. The number of aromatic amines is 1. The van der Waals surface area contributed by atoms with Gasteiger partial charge in [0.25, 0.3) is 0 Å². The number of nitrogen functional groups attached to an aromatic ring is 1. The standard InChI is InChI=1S/C15H17ClN5O.In/c1-10(8-18-9-21-2-4-22-5-3-21)11-6-12-14(13(16)7-11)19-20-15(12)17;/h1,6-8H,2-5,9H2,(H3,17,19,20);/q-1;+1. The normalized spacial score (nSPS) is 18.5. The van der Waals surface area contributed by atoms with Crippen molar-refractivity contribution in [1.82, 2.24) is 18.0 Å². The van der Waals surface area contributed by atoms with E-state index in [9.17, 15) is 0 Å². The predicted octanol–water partition coefficient (Wildman–Crippen LogP) is 1.17. The van der Waals surface area contributed by atoms with Crippen LogP contribution in [0.5, 0.6) is 0 Å². The van der Waals surface area contributed by atoms with Crippen molar-refractivity contribution in [2.75, 3.05) is 38.7 Å². The fraction of sp³-hybridized carbons (Fsp3) is 0.333. The third-order valence-electron chi connectivity index (χ3n) is 4.21. The number of nitrogens with two attached hydrogens (primary N) is 1. The minimum absolute atomic E-state index is 0.495. The Morgan fingerprint density at radius 3 is 3.00 bits per heavy atom. The molecule has 0 aliphatic carbocycles. The van der Waals surface area contributed by atoms with E-state index in [1.165, 1.54) is 5.57 Å². The monoisotopic (exact) mass is 433 g/mol. The van der Waals surface area contributed by atoms with Gasteiger partial charge >= 0.3 is 151 Å². The summed E-state index contributed by atoms with van der Waals surface area (Å²) in [7, 11) is 0. The third kappa shape index (κ3) is 3.15. The van der Waals surface area contributed by atoms with Crippen LogP contribution in [0.15, 0.2) is 18.3 Å². The van der Waals surface area contributed by atoms with E-state index in [2.05, 4.69) is 34.0 Å². The average molecular weight is 434 g/mol. The van der Waals surface area contributed by atoms with Crippen molar-refractivity contribution < 1.29 is 4.74 Å². The van der Waals surface area contributed by atoms with Crippen molar-refractivity contribution in [2.24, 2.45) is 0 Å². The van der Waals surface area contributed by atoms with Crippen LogP contribution in [0.2, 0.25) is 5.02 Å². The second-order valence-corrected chi connectivity index (χ2v) is 9.88. The first kappa shape index (κ1) is 15.5. The van der Waals surface area contributed by atoms with E-state index in [-0.39, 0.29) is 0 Å². The maximum absolute atomic E-state index is 6.36. The zero-order valence-electron chi connectivity index (χ0n) is 12.6. The number of morpholine rings is 1. The van der Waals surface area contributed by atoms with Gasteiger partial charge in [-0.1, -0.05) is 0 Å². The third-order valence-corrected chi connectivity index (χ3v) is 7.94. The Balaban J connectivity index is 1.57. The minimum atomic E-state index is -0.886. The second-order valence-electron chi connectivity index (χ2n) is 5.78. The van der Waals surface area contributed by atoms with E-state index in [1.54, 1.807) is 0 Å². The molecule has 4 rings (SSSR count). The molecule has 1 saturated heterocycles. The molecular weight excluding hydrogens is 416 g/mol. The maximum atomic E-state index is 6.36. The molecule has 0 spiro atoms. The number of anilines is 1. The first-order chi connectivity index (χ1) is 11.2. The van der Waals surface area contributed by atoms with Crippen molar-refractivity contribution in [3.8, 4) is 0 Å². The molecule has 2 aliphatic rings. The Bertz CT molecular complexity index is 797. The van der Waals surface area contributed by atoms with E-state index >= 15 is 0 Å². The van der Waals surface area contributed by atoms with Crippen molar-refractivity contribution in [1.29, 1.82) is 0 Å². The summed E-state index contributed by atoms with van der Waals surface area (Å²) in [6.07, 6.45) is 2.27. The summed E-state index contributed by atoms with van der Waals surface area (Å²) in [5, 5.41) is 8.47. The number of nitrogens with one attached hydrogen (secondary N) is 1. The predicted molar refractivity (Wildman–Crippen MR) is 94.4 cm³/mol. The molecule has 0 saturated carbocycles. The molecule has 118 valence electrons. The van der Waals surface area contributed by atoms with Crippen molar-refractivity contribution in [3.63, 3.8) is 0 Å². The van der Waals surface area contributed by atoms with Gasteiger partial charge in [0.05, 0.1) is 0 Å². The number of aromatic nitrogens is 2. The van der Waals surface area contributed by atoms with Crippen LogP contribution in [-0.2, 0) is 4.74 Å². The molecular formula is C15H17ClInN5O. The van der Waals surface area contributed by atoms with Gasteiger partial charge in [-0.05, 0) is 0 Å². The van der Waals surface area contributed by atoms with E-state index in [4.69, 9.17) is 22.1 Å². The molecule has 0 unspecified atom stereocenters. The topological polar surface area (TPSA) is 70.4 Å². The molecule has 2 aromatic rings. The number of fused-ring (bicyclic) bond motifs is 1. The molecule has 1 aromatic carbocycles. The van der Waals surface area contributed by atoms with Gasteiger partial charge < -0.3 is 0 Å². The first-order valence-electron chi connectivity index (χ1n) is 7.60. The van der Waals surface area contributed by atoms with Gasteiger partial charge in [-0.3, -0.25) is 0 Å². The molecule has 1 fully saturated rings. The van der Waals surface area contributed by atoms with E-state index in [0.29, 0.717) is 10.8 Å². The van der Waals surface area contributed by atoms with E-state index in [1.807, 2.05) is 6.07 Å². The number of H-pyrrole nitrogens is 1. The quantitative estimate of drug-likeness (QED) is 0.760. The fourth-order valence-corrected chi connectivity index (χ4v) is 6.63. The molecule has 0 radical (unpaired) electrons. The van der Waals surface area contributed by atoms with Gasteiger partial charge in [0.1, 0.15) is 0 Å². The van der Waals surface area contributed by atoms with Gasteiger partial charge in [0.15, 0.2) is 0 Å². The number of hydrogen-bond acceptors (Lipinski definition) is 5. The number of hydrogen-bond donors (Lipinski definition) is 2. The molecule has 0 atom stereocenters. The number of nitrogens with zero attached hydrogens (tertiary/aromatic N) is 3. The molecule has 8 heteroatoms. The van der Waals surface area contributed by atoms with Gasteiger partial charge in [0.2, 0.25) is 0 Å². The van der Waals surface area contributed by atoms with Crippen LogP contribution in [0.3, 0.4) is 0 Å². The summed E-state index contributed by atoms with van der Waals surface area (Å²) in [5.41, 5.74) is 9.09. The number of allylic oxidation sites excluding steroid dienone is 1. The fourth-order valence-electron chi connectivity index (χ4n) is 2.94. The van der Waals surface area contributed by atoms with E-state index in [0.717, 1.165) is 49.4 Å². The van der Waals surface area contributed by atoms with Crippen molar-refractivity contribution >= 4 is 60.4 Å². The number of benzene rings is 1. The molecule has 6 nitrogen and oxygen atoms in total. The van der Waals surface area contributed by atoms with Crippen molar-refractivity contribution in [2.45, 2.75) is 0 Å². The number of ether oxygens (including phenoxy) is 1. The molecule has 0 amide bonds. The summed E-state index contributed by atoms with van der Waals surface area (Å²) >= 11 is 5.47. The molecule has 1 aromatic heterocycles. The van der Waals surface area contributed by atoms with Crippen LogP contribution < -0.4 is 5.73 Å². The van der Waals surface area contributed by atoms with Crippen LogP contribution in [0, 0.1) is 0 Å². The Morgan fingerprint density at radius 2 is 2.17 bits per heavy atom. The van der Waals surface area contributed by atoms with Crippen LogP contribution in [-0.4, -0.2) is 77.4 Å².